The summed E-state index contributed by atoms with van der Waals surface area (Å²) in [6, 6.07) is 4.96. The lowest BCUT2D eigenvalue weighted by atomic mass is 10.1. The van der Waals surface area contributed by atoms with Crippen molar-refractivity contribution in [2.24, 2.45) is 0 Å². The largest absolute Gasteiger partial charge is 0.383 e. The maximum atomic E-state index is 12.7. The molecule has 1 aliphatic heterocycles. The molecule has 1 aliphatic rings. The molecular weight excluding hydrogens is 365 g/mol. The number of likely N-dealkylation sites (tertiary alicyclic amines) is 1. The van der Waals surface area contributed by atoms with E-state index in [1.54, 1.807) is 25.3 Å². The third-order valence-corrected chi connectivity index (χ3v) is 4.13. The summed E-state index contributed by atoms with van der Waals surface area (Å²) < 4.78 is 4.91. The summed E-state index contributed by atoms with van der Waals surface area (Å²) >= 11 is 6.03. The molecule has 2 N–H and O–H groups in total. The zero-order valence-corrected chi connectivity index (χ0v) is 15.9. The van der Waals surface area contributed by atoms with Gasteiger partial charge in [-0.3, -0.25) is 9.59 Å². The summed E-state index contributed by atoms with van der Waals surface area (Å²) in [5.41, 5.74) is 0.933. The van der Waals surface area contributed by atoms with Crippen molar-refractivity contribution in [2.75, 3.05) is 45.2 Å². The van der Waals surface area contributed by atoms with Gasteiger partial charge in [0.05, 0.1) is 24.4 Å². The number of hydrogen-bond donors (Lipinski definition) is 2. The van der Waals surface area contributed by atoms with Gasteiger partial charge in [0.2, 0.25) is 5.91 Å². The van der Waals surface area contributed by atoms with Crippen LogP contribution in [0.4, 0.5) is 5.69 Å². The van der Waals surface area contributed by atoms with Gasteiger partial charge in [0.25, 0.3) is 5.91 Å². The van der Waals surface area contributed by atoms with Crippen LogP contribution in [-0.4, -0.2) is 56.6 Å². The van der Waals surface area contributed by atoms with E-state index in [1.807, 2.05) is 4.90 Å². The van der Waals surface area contributed by atoms with Crippen LogP contribution in [0, 0.1) is 0 Å². The van der Waals surface area contributed by atoms with Crippen LogP contribution in [0.1, 0.15) is 29.6 Å². The molecule has 1 aromatic rings. The van der Waals surface area contributed by atoms with Gasteiger partial charge in [0.15, 0.2) is 0 Å². The van der Waals surface area contributed by atoms with Gasteiger partial charge >= 0.3 is 0 Å². The molecule has 0 bridgehead atoms. The Labute approximate surface area is 159 Å². The zero-order valence-electron chi connectivity index (χ0n) is 14.3. The second kappa shape index (κ2) is 11.3. The van der Waals surface area contributed by atoms with E-state index in [0.717, 1.165) is 32.4 Å². The predicted molar refractivity (Wildman–Crippen MR) is 102 cm³/mol. The molecule has 1 saturated heterocycles. The highest BCUT2D eigenvalue weighted by Gasteiger charge is 2.21. The highest BCUT2D eigenvalue weighted by molar-refractivity contribution is 6.31. The number of rotatable bonds is 7. The van der Waals surface area contributed by atoms with E-state index in [9.17, 15) is 9.59 Å². The van der Waals surface area contributed by atoms with Crippen LogP contribution in [-0.2, 0) is 9.53 Å². The van der Waals surface area contributed by atoms with Crippen LogP contribution >= 0.6 is 24.0 Å². The van der Waals surface area contributed by atoms with Crippen molar-refractivity contribution >= 4 is 41.5 Å². The Morgan fingerprint density at radius 3 is 2.64 bits per heavy atom. The standard InChI is InChI=1S/C17H24ClN3O3.ClH/c1-24-10-7-19-12-16(22)20-15-11-13(18)5-6-14(15)17(23)21-8-3-2-4-9-21;/h5-6,11,19H,2-4,7-10,12H2,1H3,(H,20,22);1H. The Kier molecular flexibility index (Phi) is 9.82. The van der Waals surface area contributed by atoms with E-state index >= 15 is 0 Å². The second-order valence-electron chi connectivity index (χ2n) is 5.76. The maximum absolute atomic E-state index is 12.7. The molecule has 0 radical (unpaired) electrons. The molecule has 6 nitrogen and oxygen atoms in total. The Bertz CT molecular complexity index is 578. The van der Waals surface area contributed by atoms with E-state index in [0.29, 0.717) is 29.4 Å². The number of ether oxygens (including phenoxy) is 1. The molecule has 0 atom stereocenters. The summed E-state index contributed by atoms with van der Waals surface area (Å²) in [6.45, 7) is 2.77. The third-order valence-electron chi connectivity index (χ3n) is 3.90. The van der Waals surface area contributed by atoms with Gasteiger partial charge in [-0.15, -0.1) is 12.4 Å². The molecule has 1 fully saturated rings. The van der Waals surface area contributed by atoms with Crippen molar-refractivity contribution in [1.29, 1.82) is 0 Å². The number of halogens is 2. The van der Waals surface area contributed by atoms with Crippen LogP contribution in [0.2, 0.25) is 5.02 Å². The summed E-state index contributed by atoms with van der Waals surface area (Å²) in [4.78, 5) is 26.6. The Morgan fingerprint density at radius 1 is 1.24 bits per heavy atom. The summed E-state index contributed by atoms with van der Waals surface area (Å²) in [5, 5.41) is 6.22. The minimum atomic E-state index is -0.221. The van der Waals surface area contributed by atoms with Crippen LogP contribution in [0.25, 0.3) is 0 Å². The molecule has 8 heteroatoms. The topological polar surface area (TPSA) is 70.7 Å². The van der Waals surface area contributed by atoms with Crippen molar-refractivity contribution in [3.63, 3.8) is 0 Å². The molecule has 0 aromatic heterocycles. The molecule has 0 aliphatic carbocycles. The van der Waals surface area contributed by atoms with E-state index in [2.05, 4.69) is 10.6 Å². The van der Waals surface area contributed by atoms with Crippen LogP contribution in [0.3, 0.4) is 0 Å². The normalized spacial score (nSPS) is 13.9. The first-order valence-electron chi connectivity index (χ1n) is 8.20. The lowest BCUT2D eigenvalue weighted by Crippen LogP contribution is -2.36. The highest BCUT2D eigenvalue weighted by Crippen LogP contribution is 2.24. The predicted octanol–water partition coefficient (Wildman–Crippen LogP) is 2.56. The number of amides is 2. The first-order valence-corrected chi connectivity index (χ1v) is 8.58. The quantitative estimate of drug-likeness (QED) is 0.703. The lowest BCUT2D eigenvalue weighted by molar-refractivity contribution is -0.115. The van der Waals surface area contributed by atoms with Crippen molar-refractivity contribution in [3.8, 4) is 0 Å². The van der Waals surface area contributed by atoms with E-state index in [1.165, 1.54) is 0 Å². The molecule has 1 aromatic carbocycles. The Balaban J connectivity index is 0.00000312. The average Bonchev–Trinajstić information content (AvgIpc) is 2.59. The molecule has 0 saturated carbocycles. The molecular formula is C17H25Cl2N3O3. The minimum absolute atomic E-state index is 0. The minimum Gasteiger partial charge on any atom is -0.383 e. The monoisotopic (exact) mass is 389 g/mol. The fraction of sp³-hybridized carbons (Fsp3) is 0.529. The Morgan fingerprint density at radius 2 is 1.96 bits per heavy atom. The number of nitrogens with one attached hydrogen (secondary N) is 2. The fourth-order valence-electron chi connectivity index (χ4n) is 2.64. The number of benzene rings is 1. The number of piperidine rings is 1. The van der Waals surface area contributed by atoms with Gasteiger partial charge in [0, 0.05) is 31.8 Å². The third kappa shape index (κ3) is 6.82. The summed E-state index contributed by atoms with van der Waals surface area (Å²) in [5.74, 6) is -0.282. The first-order chi connectivity index (χ1) is 11.6. The molecule has 0 spiro atoms. The molecule has 25 heavy (non-hydrogen) atoms. The maximum Gasteiger partial charge on any atom is 0.255 e. The zero-order chi connectivity index (χ0) is 17.4. The number of methoxy groups -OCH3 is 1. The van der Waals surface area contributed by atoms with Crippen molar-refractivity contribution in [2.45, 2.75) is 19.3 Å². The average molecular weight is 390 g/mol. The van der Waals surface area contributed by atoms with Crippen LogP contribution in [0.15, 0.2) is 18.2 Å². The second-order valence-corrected chi connectivity index (χ2v) is 6.20. The molecule has 1 heterocycles. The van der Waals surface area contributed by atoms with Crippen LogP contribution in [0.5, 0.6) is 0 Å². The van der Waals surface area contributed by atoms with Gasteiger partial charge in [-0.1, -0.05) is 11.6 Å². The van der Waals surface area contributed by atoms with Gasteiger partial charge in [0.1, 0.15) is 0 Å². The number of anilines is 1. The van der Waals surface area contributed by atoms with E-state index in [4.69, 9.17) is 16.3 Å². The molecule has 140 valence electrons. The lowest BCUT2D eigenvalue weighted by Gasteiger charge is -2.27. The van der Waals surface area contributed by atoms with Crippen molar-refractivity contribution in [1.82, 2.24) is 10.2 Å². The summed E-state index contributed by atoms with van der Waals surface area (Å²) in [7, 11) is 1.60. The van der Waals surface area contributed by atoms with Gasteiger partial charge in [-0.25, -0.2) is 0 Å². The fourth-order valence-corrected chi connectivity index (χ4v) is 2.82. The number of carbonyl (C=O) groups excluding carboxylic acids is 2. The van der Waals surface area contributed by atoms with Gasteiger partial charge in [-0.05, 0) is 37.5 Å². The SMILES string of the molecule is COCCNCC(=O)Nc1cc(Cl)ccc1C(=O)N1CCCCC1.Cl. The summed E-state index contributed by atoms with van der Waals surface area (Å²) in [6.07, 6.45) is 3.19. The van der Waals surface area contributed by atoms with Crippen LogP contribution < -0.4 is 10.6 Å². The molecule has 2 amide bonds. The highest BCUT2D eigenvalue weighted by atomic mass is 35.5. The molecule has 0 unspecified atom stereocenters. The van der Waals surface area contributed by atoms with E-state index < -0.39 is 0 Å². The van der Waals surface area contributed by atoms with Gasteiger partial charge < -0.3 is 20.3 Å². The number of carbonyl (C=O) groups is 2. The smallest absolute Gasteiger partial charge is 0.255 e. The molecule has 2 rings (SSSR count). The van der Waals surface area contributed by atoms with Crippen molar-refractivity contribution in [3.05, 3.63) is 28.8 Å². The van der Waals surface area contributed by atoms with Gasteiger partial charge in [-0.2, -0.15) is 0 Å². The first kappa shape index (κ1) is 21.7. The number of hydrogen-bond acceptors (Lipinski definition) is 4. The Hall–Kier alpha value is -1.34. The van der Waals surface area contributed by atoms with Crippen molar-refractivity contribution < 1.29 is 14.3 Å². The number of nitrogens with zero attached hydrogens (tertiary/aromatic N) is 1. The van der Waals surface area contributed by atoms with E-state index in [-0.39, 0.29) is 30.8 Å².